The van der Waals surface area contributed by atoms with E-state index in [4.69, 9.17) is 4.42 Å². The molecule has 3 heteroatoms. The molecule has 1 heterocycles. The maximum Gasteiger partial charge on any atom is 0.143 e. The minimum absolute atomic E-state index is 0.212. The molecule has 2 N–H and O–H groups in total. The summed E-state index contributed by atoms with van der Waals surface area (Å²) in [6.45, 7) is 0. The van der Waals surface area contributed by atoms with Crippen LogP contribution in [0.2, 0.25) is 0 Å². The van der Waals surface area contributed by atoms with Crippen molar-refractivity contribution in [2.75, 3.05) is 0 Å². The molecular formula is C20H12O3. The van der Waals surface area contributed by atoms with Crippen molar-refractivity contribution < 1.29 is 14.6 Å². The fourth-order valence-electron chi connectivity index (χ4n) is 3.39. The zero-order valence-corrected chi connectivity index (χ0v) is 12.1. The summed E-state index contributed by atoms with van der Waals surface area (Å²) in [6, 6.07) is 18.6. The molecule has 23 heavy (non-hydrogen) atoms. The number of phenols is 2. The Kier molecular flexibility index (Phi) is 2.24. The van der Waals surface area contributed by atoms with Crippen LogP contribution in [0, 0.1) is 0 Å². The van der Waals surface area contributed by atoms with Crippen LogP contribution < -0.4 is 0 Å². The third-order valence-electron chi connectivity index (χ3n) is 4.42. The van der Waals surface area contributed by atoms with Gasteiger partial charge in [0, 0.05) is 21.5 Å². The fourth-order valence-corrected chi connectivity index (χ4v) is 3.39. The summed E-state index contributed by atoms with van der Waals surface area (Å²) in [5.41, 5.74) is 1.50. The summed E-state index contributed by atoms with van der Waals surface area (Å²) < 4.78 is 6.08. The highest BCUT2D eigenvalue weighted by Crippen LogP contribution is 2.41. The highest BCUT2D eigenvalue weighted by molar-refractivity contribution is 6.24. The lowest BCUT2D eigenvalue weighted by molar-refractivity contribution is 0.476. The molecule has 5 rings (SSSR count). The van der Waals surface area contributed by atoms with Gasteiger partial charge >= 0.3 is 0 Å². The molecular weight excluding hydrogens is 288 g/mol. The van der Waals surface area contributed by atoms with Crippen LogP contribution in [0.25, 0.3) is 43.5 Å². The number of hydrogen-bond acceptors (Lipinski definition) is 3. The van der Waals surface area contributed by atoms with Crippen LogP contribution in [0.15, 0.2) is 65.1 Å². The van der Waals surface area contributed by atoms with E-state index in [1.165, 1.54) is 0 Å². The van der Waals surface area contributed by atoms with Crippen LogP contribution in [0.3, 0.4) is 0 Å². The van der Waals surface area contributed by atoms with E-state index in [0.717, 1.165) is 43.5 Å². The Morgan fingerprint density at radius 1 is 0.696 bits per heavy atom. The molecule has 0 aliphatic carbocycles. The summed E-state index contributed by atoms with van der Waals surface area (Å²) >= 11 is 0. The van der Waals surface area contributed by atoms with Crippen molar-refractivity contribution in [3.05, 3.63) is 60.7 Å². The summed E-state index contributed by atoms with van der Waals surface area (Å²) in [4.78, 5) is 0. The Labute approximate surface area is 131 Å². The quantitative estimate of drug-likeness (QED) is 0.408. The molecule has 110 valence electrons. The number of furan rings is 1. The Morgan fingerprint density at radius 3 is 2.35 bits per heavy atom. The molecule has 3 nitrogen and oxygen atoms in total. The minimum Gasteiger partial charge on any atom is -0.508 e. The van der Waals surface area contributed by atoms with Gasteiger partial charge in [0.25, 0.3) is 0 Å². The van der Waals surface area contributed by atoms with Gasteiger partial charge in [-0.3, -0.25) is 0 Å². The van der Waals surface area contributed by atoms with E-state index in [0.29, 0.717) is 0 Å². The molecule has 0 saturated heterocycles. The van der Waals surface area contributed by atoms with Gasteiger partial charge in [-0.15, -0.1) is 0 Å². The van der Waals surface area contributed by atoms with Crippen LogP contribution >= 0.6 is 0 Å². The Hall–Kier alpha value is -3.20. The van der Waals surface area contributed by atoms with Gasteiger partial charge in [-0.2, -0.15) is 0 Å². The van der Waals surface area contributed by atoms with E-state index in [1.807, 2.05) is 42.5 Å². The molecule has 0 bridgehead atoms. The van der Waals surface area contributed by atoms with Crippen LogP contribution in [-0.4, -0.2) is 10.2 Å². The Bertz CT molecular complexity index is 1230. The van der Waals surface area contributed by atoms with Gasteiger partial charge < -0.3 is 14.6 Å². The van der Waals surface area contributed by atoms with E-state index >= 15 is 0 Å². The molecule has 0 spiro atoms. The molecule has 4 aromatic carbocycles. The maximum absolute atomic E-state index is 10.4. The highest BCUT2D eigenvalue weighted by Gasteiger charge is 2.15. The van der Waals surface area contributed by atoms with Crippen LogP contribution in [0.4, 0.5) is 0 Å². The fraction of sp³-hybridized carbons (Fsp3) is 0. The second-order valence-electron chi connectivity index (χ2n) is 5.76. The third-order valence-corrected chi connectivity index (χ3v) is 4.42. The molecule has 0 amide bonds. The molecule has 0 atom stereocenters. The van der Waals surface area contributed by atoms with Gasteiger partial charge in [-0.25, -0.2) is 0 Å². The van der Waals surface area contributed by atoms with Gasteiger partial charge in [-0.1, -0.05) is 36.4 Å². The molecule has 0 fully saturated rings. The average Bonchev–Trinajstić information content (AvgIpc) is 2.94. The smallest absolute Gasteiger partial charge is 0.143 e. The number of fused-ring (bicyclic) bond motifs is 7. The SMILES string of the molecule is Oc1ccc2ccc3oc4c5ccccc5c(O)cc4c3c2c1. The number of benzene rings is 4. The monoisotopic (exact) mass is 300 g/mol. The summed E-state index contributed by atoms with van der Waals surface area (Å²) in [5.74, 6) is 0.442. The number of hydrogen-bond donors (Lipinski definition) is 2. The predicted molar refractivity (Wildman–Crippen MR) is 92.1 cm³/mol. The second kappa shape index (κ2) is 4.17. The molecule has 0 unspecified atom stereocenters. The topological polar surface area (TPSA) is 53.6 Å². The van der Waals surface area contributed by atoms with Gasteiger partial charge in [0.1, 0.15) is 22.7 Å². The largest absolute Gasteiger partial charge is 0.508 e. The van der Waals surface area contributed by atoms with Gasteiger partial charge in [0.05, 0.1) is 0 Å². The van der Waals surface area contributed by atoms with E-state index in [1.54, 1.807) is 18.2 Å². The molecule has 1 aromatic heterocycles. The highest BCUT2D eigenvalue weighted by atomic mass is 16.3. The van der Waals surface area contributed by atoms with Gasteiger partial charge in [-0.05, 0) is 35.0 Å². The van der Waals surface area contributed by atoms with E-state index in [-0.39, 0.29) is 11.5 Å². The zero-order valence-electron chi connectivity index (χ0n) is 12.1. The summed E-state index contributed by atoms with van der Waals surface area (Å²) in [6.07, 6.45) is 0. The van der Waals surface area contributed by atoms with E-state index < -0.39 is 0 Å². The van der Waals surface area contributed by atoms with Gasteiger partial charge in [0.15, 0.2) is 0 Å². The third kappa shape index (κ3) is 1.59. The maximum atomic E-state index is 10.4. The molecule has 0 saturated carbocycles. The summed E-state index contributed by atoms with van der Waals surface area (Å²) in [7, 11) is 0. The van der Waals surface area contributed by atoms with Crippen molar-refractivity contribution in [2.24, 2.45) is 0 Å². The van der Waals surface area contributed by atoms with Crippen molar-refractivity contribution in [1.82, 2.24) is 0 Å². The second-order valence-corrected chi connectivity index (χ2v) is 5.76. The average molecular weight is 300 g/mol. The molecule has 0 aliphatic rings. The van der Waals surface area contributed by atoms with Crippen LogP contribution in [0.1, 0.15) is 0 Å². The lowest BCUT2D eigenvalue weighted by Crippen LogP contribution is -1.77. The lowest BCUT2D eigenvalue weighted by atomic mass is 10.0. The minimum atomic E-state index is 0.212. The molecule has 0 radical (unpaired) electrons. The normalized spacial score (nSPS) is 11.8. The van der Waals surface area contributed by atoms with Crippen molar-refractivity contribution in [3.63, 3.8) is 0 Å². The first-order chi connectivity index (χ1) is 11.2. The Morgan fingerprint density at radius 2 is 1.48 bits per heavy atom. The van der Waals surface area contributed by atoms with Crippen molar-refractivity contribution >= 4 is 43.5 Å². The number of aromatic hydroxyl groups is 2. The number of phenolic OH excluding ortho intramolecular Hbond substituents is 2. The zero-order chi connectivity index (χ0) is 15.6. The lowest BCUT2D eigenvalue weighted by Gasteiger charge is -2.03. The standard InChI is InChI=1S/C20H12O3/c21-12-7-5-11-6-8-18-19(15(11)9-12)16-10-17(22)13-3-1-2-4-14(13)20(16)23-18/h1-10,21-22H. The predicted octanol–water partition coefficient (Wildman–Crippen LogP) is 5.30. The van der Waals surface area contributed by atoms with Crippen molar-refractivity contribution in [2.45, 2.75) is 0 Å². The van der Waals surface area contributed by atoms with Crippen molar-refractivity contribution in [1.29, 1.82) is 0 Å². The molecule has 0 aliphatic heterocycles. The number of rotatable bonds is 0. The van der Waals surface area contributed by atoms with Crippen molar-refractivity contribution in [3.8, 4) is 11.5 Å². The first-order valence-corrected chi connectivity index (χ1v) is 7.41. The van der Waals surface area contributed by atoms with Gasteiger partial charge in [0.2, 0.25) is 0 Å². The van der Waals surface area contributed by atoms with E-state index in [2.05, 4.69) is 0 Å². The Balaban J connectivity index is 2.11. The van der Waals surface area contributed by atoms with Crippen LogP contribution in [0.5, 0.6) is 11.5 Å². The molecule has 5 aromatic rings. The first-order valence-electron chi connectivity index (χ1n) is 7.41. The van der Waals surface area contributed by atoms with E-state index in [9.17, 15) is 10.2 Å². The first kappa shape index (κ1) is 12.4. The van der Waals surface area contributed by atoms with Crippen LogP contribution in [-0.2, 0) is 0 Å². The summed E-state index contributed by atoms with van der Waals surface area (Å²) in [5, 5.41) is 25.6.